The standard InChI is InChI=1S/C12H15NO/c1-3-10-5-4-6-11-7-8-13(9(2)14)12(10)11/h4-6H,3,7-8H2,1-2H3. The SMILES string of the molecule is CCc1cccc2c1N(C(C)=O)CC2. The fraction of sp³-hybridized carbons (Fsp3) is 0.417. The summed E-state index contributed by atoms with van der Waals surface area (Å²) in [6.45, 7) is 4.62. The number of benzene rings is 1. The number of para-hydroxylation sites is 1. The average Bonchev–Trinajstić information content (AvgIpc) is 2.60. The van der Waals surface area contributed by atoms with Crippen molar-refractivity contribution in [2.45, 2.75) is 26.7 Å². The van der Waals surface area contributed by atoms with Crippen molar-refractivity contribution in [3.8, 4) is 0 Å². The maximum absolute atomic E-state index is 11.4. The number of carbonyl (C=O) groups excluding carboxylic acids is 1. The quantitative estimate of drug-likeness (QED) is 0.663. The molecular formula is C12H15NO. The monoisotopic (exact) mass is 189 g/mol. The van der Waals surface area contributed by atoms with Crippen molar-refractivity contribution in [2.75, 3.05) is 11.4 Å². The molecule has 2 nitrogen and oxygen atoms in total. The summed E-state index contributed by atoms with van der Waals surface area (Å²) in [4.78, 5) is 13.3. The van der Waals surface area contributed by atoms with E-state index in [1.165, 1.54) is 16.8 Å². The fourth-order valence-corrected chi connectivity index (χ4v) is 2.14. The van der Waals surface area contributed by atoms with Gasteiger partial charge in [-0.1, -0.05) is 25.1 Å². The first-order valence-corrected chi connectivity index (χ1v) is 5.13. The summed E-state index contributed by atoms with van der Waals surface area (Å²) in [5.41, 5.74) is 3.78. The van der Waals surface area contributed by atoms with Crippen LogP contribution in [0.15, 0.2) is 18.2 Å². The zero-order chi connectivity index (χ0) is 10.1. The highest BCUT2D eigenvalue weighted by atomic mass is 16.2. The maximum atomic E-state index is 11.4. The summed E-state index contributed by atoms with van der Waals surface area (Å²) in [6.07, 6.45) is 2.00. The molecule has 1 amide bonds. The topological polar surface area (TPSA) is 20.3 Å². The fourth-order valence-electron chi connectivity index (χ4n) is 2.14. The highest BCUT2D eigenvalue weighted by Gasteiger charge is 2.23. The molecule has 0 spiro atoms. The van der Waals surface area contributed by atoms with Crippen LogP contribution in [-0.2, 0) is 17.6 Å². The minimum atomic E-state index is 0.157. The Labute approximate surface area is 84.5 Å². The average molecular weight is 189 g/mol. The number of rotatable bonds is 1. The molecule has 14 heavy (non-hydrogen) atoms. The first-order chi connectivity index (χ1) is 6.74. The number of aryl methyl sites for hydroxylation is 1. The van der Waals surface area contributed by atoms with Crippen LogP contribution in [-0.4, -0.2) is 12.5 Å². The van der Waals surface area contributed by atoms with Crippen LogP contribution in [0.2, 0.25) is 0 Å². The zero-order valence-electron chi connectivity index (χ0n) is 8.71. The van der Waals surface area contributed by atoms with Crippen molar-refractivity contribution >= 4 is 11.6 Å². The Hall–Kier alpha value is -1.31. The van der Waals surface area contributed by atoms with Gasteiger partial charge in [0.25, 0.3) is 0 Å². The van der Waals surface area contributed by atoms with Gasteiger partial charge in [0.05, 0.1) is 5.69 Å². The number of fused-ring (bicyclic) bond motifs is 1. The van der Waals surface area contributed by atoms with Crippen LogP contribution in [0.1, 0.15) is 25.0 Å². The summed E-state index contributed by atoms with van der Waals surface area (Å²) < 4.78 is 0. The van der Waals surface area contributed by atoms with Crippen LogP contribution in [0.5, 0.6) is 0 Å². The smallest absolute Gasteiger partial charge is 0.223 e. The maximum Gasteiger partial charge on any atom is 0.223 e. The molecule has 1 aliphatic heterocycles. The number of hydrogen-bond acceptors (Lipinski definition) is 1. The van der Waals surface area contributed by atoms with E-state index in [-0.39, 0.29) is 5.91 Å². The first-order valence-electron chi connectivity index (χ1n) is 5.13. The van der Waals surface area contributed by atoms with Gasteiger partial charge in [-0.25, -0.2) is 0 Å². The van der Waals surface area contributed by atoms with Crippen LogP contribution < -0.4 is 4.90 Å². The van der Waals surface area contributed by atoms with Gasteiger partial charge >= 0.3 is 0 Å². The Morgan fingerprint density at radius 3 is 2.93 bits per heavy atom. The van der Waals surface area contributed by atoms with Gasteiger partial charge in [-0.2, -0.15) is 0 Å². The third-order valence-electron chi connectivity index (χ3n) is 2.84. The summed E-state index contributed by atoms with van der Waals surface area (Å²) >= 11 is 0. The zero-order valence-corrected chi connectivity index (χ0v) is 8.71. The lowest BCUT2D eigenvalue weighted by atomic mass is 10.1. The van der Waals surface area contributed by atoms with Gasteiger partial charge in [-0.15, -0.1) is 0 Å². The molecule has 0 atom stereocenters. The summed E-state index contributed by atoms with van der Waals surface area (Å²) in [6, 6.07) is 6.32. The van der Waals surface area contributed by atoms with Gasteiger partial charge in [-0.05, 0) is 24.0 Å². The molecule has 0 fully saturated rings. The van der Waals surface area contributed by atoms with Crippen molar-refractivity contribution in [1.82, 2.24) is 0 Å². The van der Waals surface area contributed by atoms with Gasteiger partial charge in [-0.3, -0.25) is 4.79 Å². The van der Waals surface area contributed by atoms with Crippen molar-refractivity contribution < 1.29 is 4.79 Å². The third kappa shape index (κ3) is 1.31. The molecule has 0 saturated carbocycles. The second kappa shape index (κ2) is 3.45. The van der Waals surface area contributed by atoms with E-state index >= 15 is 0 Å². The molecule has 1 aromatic rings. The molecule has 1 aromatic carbocycles. The lowest BCUT2D eigenvalue weighted by Crippen LogP contribution is -2.26. The molecule has 1 aliphatic rings. The van der Waals surface area contributed by atoms with Crippen molar-refractivity contribution in [2.24, 2.45) is 0 Å². The van der Waals surface area contributed by atoms with E-state index in [0.29, 0.717) is 0 Å². The Bertz CT molecular complexity index is 371. The Morgan fingerprint density at radius 2 is 2.29 bits per heavy atom. The van der Waals surface area contributed by atoms with E-state index in [9.17, 15) is 4.79 Å². The summed E-state index contributed by atoms with van der Waals surface area (Å²) in [5, 5.41) is 0. The van der Waals surface area contributed by atoms with E-state index in [1.807, 2.05) is 4.90 Å². The molecule has 0 aliphatic carbocycles. The highest BCUT2D eigenvalue weighted by Crippen LogP contribution is 2.31. The van der Waals surface area contributed by atoms with Crippen LogP contribution >= 0.6 is 0 Å². The second-order valence-electron chi connectivity index (χ2n) is 3.70. The van der Waals surface area contributed by atoms with Gasteiger partial charge < -0.3 is 4.90 Å². The lowest BCUT2D eigenvalue weighted by molar-refractivity contribution is -0.116. The van der Waals surface area contributed by atoms with Crippen LogP contribution in [0.25, 0.3) is 0 Å². The van der Waals surface area contributed by atoms with Crippen molar-refractivity contribution in [1.29, 1.82) is 0 Å². The van der Waals surface area contributed by atoms with Gasteiger partial charge in [0, 0.05) is 13.5 Å². The minimum absolute atomic E-state index is 0.157. The number of carbonyl (C=O) groups is 1. The van der Waals surface area contributed by atoms with E-state index in [4.69, 9.17) is 0 Å². The van der Waals surface area contributed by atoms with E-state index in [1.54, 1.807) is 6.92 Å². The normalized spacial score (nSPS) is 14.3. The third-order valence-corrected chi connectivity index (χ3v) is 2.84. The molecule has 0 aromatic heterocycles. The molecular weight excluding hydrogens is 174 g/mol. The Kier molecular flexibility index (Phi) is 2.28. The molecule has 2 heteroatoms. The molecule has 0 saturated heterocycles. The number of hydrogen-bond donors (Lipinski definition) is 0. The van der Waals surface area contributed by atoms with E-state index < -0.39 is 0 Å². The van der Waals surface area contributed by atoms with Crippen molar-refractivity contribution in [3.63, 3.8) is 0 Å². The van der Waals surface area contributed by atoms with Crippen LogP contribution in [0, 0.1) is 0 Å². The van der Waals surface area contributed by atoms with Gasteiger partial charge in [0.15, 0.2) is 0 Å². The molecule has 1 heterocycles. The highest BCUT2D eigenvalue weighted by molar-refractivity contribution is 5.94. The molecule has 0 N–H and O–H groups in total. The van der Waals surface area contributed by atoms with Gasteiger partial charge in [0.2, 0.25) is 5.91 Å². The Morgan fingerprint density at radius 1 is 1.50 bits per heavy atom. The number of amides is 1. The number of anilines is 1. The second-order valence-corrected chi connectivity index (χ2v) is 3.70. The number of nitrogens with zero attached hydrogens (tertiary/aromatic N) is 1. The minimum Gasteiger partial charge on any atom is -0.312 e. The van der Waals surface area contributed by atoms with Crippen LogP contribution in [0.3, 0.4) is 0 Å². The summed E-state index contributed by atoms with van der Waals surface area (Å²) in [7, 11) is 0. The van der Waals surface area contributed by atoms with Crippen LogP contribution in [0.4, 0.5) is 5.69 Å². The predicted molar refractivity (Wildman–Crippen MR) is 57.6 cm³/mol. The molecule has 0 radical (unpaired) electrons. The molecule has 74 valence electrons. The largest absolute Gasteiger partial charge is 0.312 e. The Balaban J connectivity index is 2.50. The van der Waals surface area contributed by atoms with Gasteiger partial charge in [0.1, 0.15) is 0 Å². The van der Waals surface area contributed by atoms with E-state index in [0.717, 1.165) is 19.4 Å². The van der Waals surface area contributed by atoms with Crippen molar-refractivity contribution in [3.05, 3.63) is 29.3 Å². The molecule has 0 bridgehead atoms. The summed E-state index contributed by atoms with van der Waals surface area (Å²) in [5.74, 6) is 0.157. The predicted octanol–water partition coefficient (Wildman–Crippen LogP) is 2.16. The molecule has 2 rings (SSSR count). The lowest BCUT2D eigenvalue weighted by Gasteiger charge is -2.17. The first kappa shape index (κ1) is 9.25. The van der Waals surface area contributed by atoms with E-state index in [2.05, 4.69) is 25.1 Å². The molecule has 0 unspecified atom stereocenters.